The van der Waals surface area contributed by atoms with Gasteiger partial charge in [-0.2, -0.15) is 0 Å². The van der Waals surface area contributed by atoms with Crippen LogP contribution in [0, 0.1) is 0 Å². The monoisotopic (exact) mass is 446 g/mol. The molecule has 166 valence electrons. The zero-order valence-electron chi connectivity index (χ0n) is 18.1. The summed E-state index contributed by atoms with van der Waals surface area (Å²) in [5.74, 6) is 0. The molecule has 6 rings (SSSR count). The number of H-pyrrole nitrogens is 2. The molecule has 0 amide bonds. The Kier molecular flexibility index (Phi) is 4.21. The summed E-state index contributed by atoms with van der Waals surface area (Å²) in [6.45, 7) is 0. The number of hydrogen-bond acceptors (Lipinski definition) is 6. The fourth-order valence-corrected chi connectivity index (χ4v) is 4.26. The highest BCUT2D eigenvalue weighted by atomic mass is 14.8. The molecule has 0 unspecified atom stereocenters. The van der Waals surface area contributed by atoms with E-state index in [1.165, 1.54) is 0 Å². The van der Waals surface area contributed by atoms with E-state index in [2.05, 4.69) is 9.97 Å². The van der Waals surface area contributed by atoms with Gasteiger partial charge in [-0.25, -0.2) is 9.97 Å². The molecule has 0 spiro atoms. The lowest BCUT2D eigenvalue weighted by atomic mass is 9.99. The van der Waals surface area contributed by atoms with Crippen molar-refractivity contribution in [2.45, 2.75) is 0 Å². The topological polar surface area (TPSA) is 161 Å². The van der Waals surface area contributed by atoms with E-state index in [4.69, 9.17) is 32.9 Å². The molecule has 2 aliphatic rings. The summed E-state index contributed by atoms with van der Waals surface area (Å²) in [4.78, 5) is 16.4. The Hall–Kier alpha value is -4.98. The van der Waals surface area contributed by atoms with Gasteiger partial charge in [0, 0.05) is 33.2 Å². The molecule has 3 aromatic heterocycles. The van der Waals surface area contributed by atoms with Crippen LogP contribution in [0.2, 0.25) is 0 Å². The van der Waals surface area contributed by atoms with Crippen LogP contribution in [-0.4, -0.2) is 19.9 Å². The molecule has 8 bridgehead atoms. The molecule has 0 fully saturated rings. The minimum absolute atomic E-state index is 0.259. The van der Waals surface area contributed by atoms with Crippen molar-refractivity contribution >= 4 is 69.1 Å². The lowest BCUT2D eigenvalue weighted by Gasteiger charge is -2.14. The largest absolute Gasteiger partial charge is 0.397 e. The minimum Gasteiger partial charge on any atom is -0.397 e. The van der Waals surface area contributed by atoms with Crippen LogP contribution in [-0.2, 0) is 0 Å². The summed E-state index contributed by atoms with van der Waals surface area (Å²) in [5, 5.41) is 0. The SMILES string of the molecule is Nc1cc(-c2c3nc(cc4ccc(cc5nc(cc6ccc2[nH]6)C=C5)[nH]4)C=C3)c(N)c(N)c1N. The standard InChI is InChI=1S/C26H22N8/c27-20-12-19(24(28)26(30)25(20)29)23-21-7-5-17(33-21)10-15-3-1-13(31-15)9-14-2-4-16(32-14)11-18-6-8-22(23)34-18/h1-12,31,34H,27-30H2. The smallest absolute Gasteiger partial charge is 0.0809 e. The molecule has 34 heavy (non-hydrogen) atoms. The summed E-state index contributed by atoms with van der Waals surface area (Å²) < 4.78 is 0. The van der Waals surface area contributed by atoms with Crippen molar-refractivity contribution in [1.29, 1.82) is 0 Å². The van der Waals surface area contributed by atoms with E-state index in [0.29, 0.717) is 16.9 Å². The Balaban J connectivity index is 1.74. The van der Waals surface area contributed by atoms with Crippen molar-refractivity contribution in [3.63, 3.8) is 0 Å². The second-order valence-electron chi connectivity index (χ2n) is 8.31. The van der Waals surface area contributed by atoms with Crippen LogP contribution in [0.1, 0.15) is 22.8 Å². The number of anilines is 4. The number of benzene rings is 1. The Morgan fingerprint density at radius 2 is 1.15 bits per heavy atom. The van der Waals surface area contributed by atoms with Gasteiger partial charge in [0.1, 0.15) is 0 Å². The molecule has 0 radical (unpaired) electrons. The summed E-state index contributed by atoms with van der Waals surface area (Å²) >= 11 is 0. The second-order valence-corrected chi connectivity index (χ2v) is 8.31. The van der Waals surface area contributed by atoms with Gasteiger partial charge in [-0.05, 0) is 72.8 Å². The number of aromatic amines is 2. The molecule has 5 heterocycles. The number of hydrogen-bond donors (Lipinski definition) is 6. The summed E-state index contributed by atoms with van der Waals surface area (Å²) in [6.07, 6.45) is 7.88. The summed E-state index contributed by atoms with van der Waals surface area (Å²) in [7, 11) is 0. The van der Waals surface area contributed by atoms with Gasteiger partial charge in [-0.1, -0.05) is 0 Å². The number of rotatable bonds is 1. The van der Waals surface area contributed by atoms with Crippen LogP contribution in [0.4, 0.5) is 22.7 Å². The fraction of sp³-hybridized carbons (Fsp3) is 0. The minimum atomic E-state index is 0.259. The lowest BCUT2D eigenvalue weighted by Crippen LogP contribution is -2.06. The van der Waals surface area contributed by atoms with E-state index < -0.39 is 0 Å². The van der Waals surface area contributed by atoms with E-state index in [-0.39, 0.29) is 11.4 Å². The molecule has 2 aliphatic heterocycles. The van der Waals surface area contributed by atoms with E-state index in [9.17, 15) is 0 Å². The maximum Gasteiger partial charge on any atom is 0.0809 e. The van der Waals surface area contributed by atoms with Gasteiger partial charge in [0.25, 0.3) is 0 Å². The molecular formula is C26H22N8. The van der Waals surface area contributed by atoms with Crippen LogP contribution < -0.4 is 22.9 Å². The highest BCUT2D eigenvalue weighted by Gasteiger charge is 2.17. The van der Waals surface area contributed by atoms with Crippen molar-refractivity contribution < 1.29 is 0 Å². The van der Waals surface area contributed by atoms with Crippen LogP contribution in [0.25, 0.3) is 57.5 Å². The Morgan fingerprint density at radius 1 is 0.559 bits per heavy atom. The molecule has 0 saturated carbocycles. The summed E-state index contributed by atoms with van der Waals surface area (Å²) in [5.41, 5.74) is 34.3. The predicted octanol–water partition coefficient (Wildman–Crippen LogP) is 4.65. The van der Waals surface area contributed by atoms with E-state index in [1.807, 2.05) is 66.8 Å². The maximum atomic E-state index is 6.43. The highest BCUT2D eigenvalue weighted by molar-refractivity contribution is 6.02. The maximum absolute atomic E-state index is 6.43. The van der Waals surface area contributed by atoms with E-state index in [1.54, 1.807) is 6.07 Å². The van der Waals surface area contributed by atoms with Gasteiger partial charge < -0.3 is 32.9 Å². The average molecular weight is 447 g/mol. The van der Waals surface area contributed by atoms with Gasteiger partial charge in [-0.3, -0.25) is 0 Å². The Labute approximate surface area is 194 Å². The molecule has 8 nitrogen and oxygen atoms in total. The Bertz CT molecular complexity index is 1700. The van der Waals surface area contributed by atoms with Gasteiger partial charge in [0.2, 0.25) is 0 Å². The van der Waals surface area contributed by atoms with Crippen molar-refractivity contribution in [3.8, 4) is 11.1 Å². The van der Waals surface area contributed by atoms with Crippen LogP contribution in [0.5, 0.6) is 0 Å². The van der Waals surface area contributed by atoms with Crippen molar-refractivity contribution in [1.82, 2.24) is 19.9 Å². The van der Waals surface area contributed by atoms with Crippen LogP contribution in [0.15, 0.2) is 48.5 Å². The molecule has 10 N–H and O–H groups in total. The molecule has 1 aromatic carbocycles. The van der Waals surface area contributed by atoms with Crippen molar-refractivity contribution in [2.75, 3.05) is 22.9 Å². The van der Waals surface area contributed by atoms with E-state index in [0.717, 1.165) is 50.4 Å². The lowest BCUT2D eigenvalue weighted by molar-refractivity contribution is 1.31. The first-order valence-electron chi connectivity index (χ1n) is 10.8. The second kappa shape index (κ2) is 7.28. The van der Waals surface area contributed by atoms with Crippen LogP contribution >= 0.6 is 0 Å². The number of nitrogens with one attached hydrogen (secondary N) is 2. The van der Waals surface area contributed by atoms with Gasteiger partial charge in [0.15, 0.2) is 0 Å². The molecule has 4 aromatic rings. The zero-order valence-corrected chi connectivity index (χ0v) is 18.1. The molecular weight excluding hydrogens is 424 g/mol. The first-order chi connectivity index (χ1) is 16.4. The molecule has 0 saturated heterocycles. The number of nitrogen functional groups attached to an aromatic ring is 4. The number of nitrogens with two attached hydrogens (primary N) is 4. The first-order valence-corrected chi connectivity index (χ1v) is 10.8. The van der Waals surface area contributed by atoms with Gasteiger partial charge in [-0.15, -0.1) is 0 Å². The number of fused-ring (bicyclic) bond motifs is 8. The van der Waals surface area contributed by atoms with Crippen molar-refractivity contribution in [2.24, 2.45) is 0 Å². The third-order valence-corrected chi connectivity index (χ3v) is 5.97. The number of nitrogens with zero attached hydrogens (tertiary/aromatic N) is 2. The quantitative estimate of drug-likeness (QED) is 0.201. The number of aromatic nitrogens is 4. The Morgan fingerprint density at radius 3 is 1.85 bits per heavy atom. The zero-order chi connectivity index (χ0) is 23.4. The van der Waals surface area contributed by atoms with Gasteiger partial charge >= 0.3 is 0 Å². The third-order valence-electron chi connectivity index (χ3n) is 5.97. The summed E-state index contributed by atoms with van der Waals surface area (Å²) in [6, 6.07) is 15.7. The third kappa shape index (κ3) is 3.25. The molecule has 0 atom stereocenters. The fourth-order valence-electron chi connectivity index (χ4n) is 4.26. The molecule has 8 heteroatoms. The van der Waals surface area contributed by atoms with Crippen LogP contribution in [0.3, 0.4) is 0 Å². The van der Waals surface area contributed by atoms with E-state index >= 15 is 0 Å². The van der Waals surface area contributed by atoms with Crippen molar-refractivity contribution in [3.05, 3.63) is 71.3 Å². The van der Waals surface area contributed by atoms with Gasteiger partial charge in [0.05, 0.1) is 45.5 Å². The molecule has 0 aliphatic carbocycles. The predicted molar refractivity (Wildman–Crippen MR) is 142 cm³/mol. The average Bonchev–Trinajstić information content (AvgIpc) is 3.61. The first kappa shape index (κ1) is 19.7. The highest BCUT2D eigenvalue weighted by Crippen LogP contribution is 2.41. The normalized spacial score (nSPS) is 12.4.